The molecule has 0 bridgehead atoms. The number of nitrogens with two attached hydrogens (primary N) is 2. The van der Waals surface area contributed by atoms with E-state index in [-0.39, 0.29) is 5.96 Å². The molecular weight excluding hydrogens is 374 g/mol. The monoisotopic (exact) mass is 415 g/mol. The van der Waals surface area contributed by atoms with Crippen LogP contribution in [0.2, 0.25) is 0 Å². The Balaban J connectivity index is 3.53. The molecule has 1 unspecified atom stereocenters. The molecule has 0 aromatic carbocycles. The third-order valence-electron chi connectivity index (χ3n) is 4.35. The summed E-state index contributed by atoms with van der Waals surface area (Å²) in [5.74, 6) is -1.30. The molecule has 0 spiro atoms. The van der Waals surface area contributed by atoms with Crippen LogP contribution >= 0.6 is 0 Å². The first kappa shape index (κ1) is 27.1. The highest BCUT2D eigenvalue weighted by atomic mass is 16.3. The van der Waals surface area contributed by atoms with Crippen LogP contribution in [0.5, 0.6) is 0 Å². The third kappa shape index (κ3) is 17.9. The van der Waals surface area contributed by atoms with Gasteiger partial charge in [-0.3, -0.25) is 15.0 Å². The molecule has 0 heterocycles. The summed E-state index contributed by atoms with van der Waals surface area (Å²) < 4.78 is 0. The van der Waals surface area contributed by atoms with Gasteiger partial charge in [-0.15, -0.1) is 0 Å². The molecule has 0 aromatic rings. The Morgan fingerprint density at radius 1 is 0.724 bits per heavy atom. The van der Waals surface area contributed by atoms with Gasteiger partial charge in [0.1, 0.15) is 0 Å². The van der Waals surface area contributed by atoms with Gasteiger partial charge in [-0.25, -0.2) is 0 Å². The van der Waals surface area contributed by atoms with Crippen LogP contribution in [0, 0.1) is 5.41 Å². The number of nitrogens with one attached hydrogen (secondary N) is 5. The first-order valence-electron chi connectivity index (χ1n) is 10.7. The van der Waals surface area contributed by atoms with Crippen LogP contribution in [0.1, 0.15) is 57.8 Å². The fourth-order valence-electron chi connectivity index (χ4n) is 2.64. The Morgan fingerprint density at radius 3 is 1.66 bits per heavy atom. The number of guanidine groups is 1. The molecule has 0 aliphatic carbocycles. The van der Waals surface area contributed by atoms with Gasteiger partial charge in [0, 0.05) is 19.6 Å². The Labute approximate surface area is 174 Å². The fourth-order valence-corrected chi connectivity index (χ4v) is 2.64. The first-order chi connectivity index (χ1) is 14.0. The number of aliphatic hydroxyl groups excluding tert-OH is 1. The maximum Gasteiger partial charge on any atom is 0.258 e. The Kier molecular flexibility index (Phi) is 18.1. The lowest BCUT2D eigenvalue weighted by Gasteiger charge is -2.12. The zero-order valence-electron chi connectivity index (χ0n) is 17.6. The summed E-state index contributed by atoms with van der Waals surface area (Å²) >= 11 is 0. The van der Waals surface area contributed by atoms with Crippen molar-refractivity contribution >= 4 is 17.8 Å². The highest BCUT2D eigenvalue weighted by Gasteiger charge is 2.22. The topological polar surface area (TPSA) is 178 Å². The number of carbonyl (C=O) groups excluding carboxylic acids is 2. The highest BCUT2D eigenvalue weighted by Crippen LogP contribution is 2.04. The quantitative estimate of drug-likeness (QED) is 0.0584. The molecule has 0 saturated carbocycles. The Bertz CT molecular complexity index is 450. The minimum Gasteiger partial charge on any atom is -0.375 e. The number of amides is 2. The van der Waals surface area contributed by atoms with Gasteiger partial charge in [-0.1, -0.05) is 25.7 Å². The smallest absolute Gasteiger partial charge is 0.258 e. The standard InChI is InChI=1S/C19H41N7O3/c20-10-9-12-23-11-7-8-14-25-18(29)16(27)17(28)24-13-5-3-1-2-4-6-15-26-19(21)22/h16,23,27H,1-15,20H2,(H,24,28)(H,25,29)(H4,21,22,26). The van der Waals surface area contributed by atoms with E-state index in [0.717, 1.165) is 77.4 Å². The van der Waals surface area contributed by atoms with Gasteiger partial charge in [-0.2, -0.15) is 0 Å². The maximum absolute atomic E-state index is 11.8. The summed E-state index contributed by atoms with van der Waals surface area (Å²) in [4.78, 5) is 23.6. The molecule has 0 radical (unpaired) electrons. The molecule has 10 heteroatoms. The molecule has 10 nitrogen and oxygen atoms in total. The zero-order valence-corrected chi connectivity index (χ0v) is 17.6. The molecule has 1 atom stereocenters. The van der Waals surface area contributed by atoms with E-state index in [0.29, 0.717) is 19.6 Å². The lowest BCUT2D eigenvalue weighted by atomic mass is 10.1. The van der Waals surface area contributed by atoms with E-state index >= 15 is 0 Å². The summed E-state index contributed by atoms with van der Waals surface area (Å²) in [6.45, 7) is 4.02. The van der Waals surface area contributed by atoms with Crippen molar-refractivity contribution in [3.05, 3.63) is 0 Å². The molecule has 0 saturated heterocycles. The first-order valence-corrected chi connectivity index (χ1v) is 10.7. The number of hydrogen-bond donors (Lipinski definition) is 8. The number of unbranched alkanes of at least 4 members (excludes halogenated alkanes) is 6. The zero-order chi connectivity index (χ0) is 21.7. The van der Waals surface area contributed by atoms with Crippen LogP contribution in [-0.2, 0) is 9.59 Å². The predicted octanol–water partition coefficient (Wildman–Crippen LogP) is -0.878. The van der Waals surface area contributed by atoms with E-state index < -0.39 is 17.9 Å². The minimum atomic E-state index is -1.66. The van der Waals surface area contributed by atoms with Crippen molar-refractivity contribution in [2.75, 3.05) is 39.3 Å². The largest absolute Gasteiger partial charge is 0.375 e. The van der Waals surface area contributed by atoms with Crippen molar-refractivity contribution in [2.45, 2.75) is 63.9 Å². The van der Waals surface area contributed by atoms with Crippen LogP contribution < -0.4 is 32.7 Å². The number of rotatable bonds is 19. The van der Waals surface area contributed by atoms with Crippen molar-refractivity contribution in [3.63, 3.8) is 0 Å². The average Bonchev–Trinajstić information content (AvgIpc) is 2.70. The SMILES string of the molecule is N=C(N)NCCCCCCCCNC(=O)C(O)C(=O)NCCCCNCCCN. The molecule has 10 N–H and O–H groups in total. The lowest BCUT2D eigenvalue weighted by Crippen LogP contribution is -2.46. The second-order valence-corrected chi connectivity index (χ2v) is 7.05. The van der Waals surface area contributed by atoms with Gasteiger partial charge in [0.25, 0.3) is 11.8 Å². The second kappa shape index (κ2) is 19.4. The minimum absolute atomic E-state index is 0.00275. The van der Waals surface area contributed by atoms with E-state index in [1.165, 1.54) is 0 Å². The van der Waals surface area contributed by atoms with Crippen molar-refractivity contribution in [1.29, 1.82) is 5.41 Å². The van der Waals surface area contributed by atoms with E-state index in [9.17, 15) is 14.7 Å². The summed E-state index contributed by atoms with van der Waals surface area (Å²) in [6, 6.07) is 0. The Hall–Kier alpha value is -1.91. The van der Waals surface area contributed by atoms with E-state index in [1.807, 2.05) is 0 Å². The molecular formula is C19H41N7O3. The molecule has 2 amide bonds. The van der Waals surface area contributed by atoms with Gasteiger partial charge in [0.15, 0.2) is 5.96 Å². The highest BCUT2D eigenvalue weighted by molar-refractivity contribution is 6.02. The summed E-state index contributed by atoms with van der Waals surface area (Å²) in [6.07, 6.45) is 6.93. The fraction of sp³-hybridized carbons (Fsp3) is 0.842. The lowest BCUT2D eigenvalue weighted by molar-refractivity contribution is -0.141. The number of carbonyl (C=O) groups is 2. The Morgan fingerprint density at radius 2 is 1.14 bits per heavy atom. The van der Waals surface area contributed by atoms with Crippen LogP contribution in [0.4, 0.5) is 0 Å². The molecule has 170 valence electrons. The summed E-state index contributed by atoms with van der Waals surface area (Å²) in [7, 11) is 0. The predicted molar refractivity (Wildman–Crippen MR) is 115 cm³/mol. The third-order valence-corrected chi connectivity index (χ3v) is 4.35. The van der Waals surface area contributed by atoms with Crippen molar-refractivity contribution < 1.29 is 14.7 Å². The van der Waals surface area contributed by atoms with Crippen molar-refractivity contribution in [3.8, 4) is 0 Å². The normalized spacial score (nSPS) is 11.7. The van der Waals surface area contributed by atoms with Crippen LogP contribution in [0.15, 0.2) is 0 Å². The van der Waals surface area contributed by atoms with E-state index in [4.69, 9.17) is 16.9 Å². The van der Waals surface area contributed by atoms with E-state index in [2.05, 4.69) is 21.3 Å². The molecule has 0 aromatic heterocycles. The average molecular weight is 416 g/mol. The van der Waals surface area contributed by atoms with Gasteiger partial charge in [-0.05, 0) is 51.7 Å². The van der Waals surface area contributed by atoms with Gasteiger partial charge < -0.3 is 37.8 Å². The molecule has 0 aliphatic heterocycles. The molecule has 29 heavy (non-hydrogen) atoms. The van der Waals surface area contributed by atoms with Gasteiger partial charge >= 0.3 is 0 Å². The number of hydrogen-bond acceptors (Lipinski definition) is 6. The second-order valence-electron chi connectivity index (χ2n) is 7.05. The van der Waals surface area contributed by atoms with Gasteiger partial charge in [0.2, 0.25) is 6.10 Å². The van der Waals surface area contributed by atoms with Crippen molar-refractivity contribution in [2.24, 2.45) is 11.5 Å². The van der Waals surface area contributed by atoms with E-state index in [1.54, 1.807) is 0 Å². The molecule has 0 aliphatic rings. The van der Waals surface area contributed by atoms with Crippen LogP contribution in [-0.4, -0.2) is 68.3 Å². The van der Waals surface area contributed by atoms with Gasteiger partial charge in [0.05, 0.1) is 0 Å². The van der Waals surface area contributed by atoms with Crippen LogP contribution in [0.25, 0.3) is 0 Å². The summed E-state index contributed by atoms with van der Waals surface area (Å²) in [5.41, 5.74) is 10.6. The number of aliphatic hydroxyl groups is 1. The van der Waals surface area contributed by atoms with Crippen LogP contribution in [0.3, 0.4) is 0 Å². The van der Waals surface area contributed by atoms with Crippen molar-refractivity contribution in [1.82, 2.24) is 21.3 Å². The molecule has 0 rings (SSSR count). The molecule has 0 fully saturated rings. The maximum atomic E-state index is 11.8. The summed E-state index contributed by atoms with van der Waals surface area (Å²) in [5, 5.41) is 28.0.